The maximum atomic E-state index is 5.96. The second kappa shape index (κ2) is 4.18. The van der Waals surface area contributed by atoms with Crippen molar-refractivity contribution < 1.29 is 0 Å². The van der Waals surface area contributed by atoms with Crippen LogP contribution in [0.3, 0.4) is 0 Å². The first-order chi connectivity index (χ1) is 8.75. The Balaban J connectivity index is 2.12. The van der Waals surface area contributed by atoms with E-state index in [2.05, 4.69) is 39.9 Å². The van der Waals surface area contributed by atoms with E-state index in [0.29, 0.717) is 0 Å². The van der Waals surface area contributed by atoms with Crippen molar-refractivity contribution in [2.24, 2.45) is 0 Å². The van der Waals surface area contributed by atoms with Crippen molar-refractivity contribution in [2.75, 3.05) is 5.73 Å². The Kier molecular flexibility index (Phi) is 2.52. The first kappa shape index (κ1) is 10.8. The fraction of sp³-hybridized carbons (Fsp3) is 0.133. The van der Waals surface area contributed by atoms with Gasteiger partial charge in [-0.1, -0.05) is 36.4 Å². The van der Waals surface area contributed by atoms with Gasteiger partial charge in [0.05, 0.1) is 11.2 Å². The van der Waals surface area contributed by atoms with Gasteiger partial charge in [0.2, 0.25) is 0 Å². The maximum absolute atomic E-state index is 5.96. The van der Waals surface area contributed by atoms with E-state index >= 15 is 0 Å². The summed E-state index contributed by atoms with van der Waals surface area (Å²) in [6, 6.07) is 16.3. The highest BCUT2D eigenvalue weighted by atomic mass is 15.1. The summed E-state index contributed by atoms with van der Waals surface area (Å²) >= 11 is 0. The first-order valence-electron chi connectivity index (χ1n) is 6.01. The van der Waals surface area contributed by atoms with Crippen LogP contribution < -0.4 is 5.73 Å². The predicted octanol–water partition coefficient (Wildman–Crippen LogP) is 2.98. The van der Waals surface area contributed by atoms with Crippen LogP contribution in [0.15, 0.2) is 48.5 Å². The number of aromatic nitrogens is 2. The quantitative estimate of drug-likeness (QED) is 0.696. The van der Waals surface area contributed by atoms with Crippen molar-refractivity contribution in [1.82, 2.24) is 9.55 Å². The van der Waals surface area contributed by atoms with Crippen molar-refractivity contribution in [2.45, 2.75) is 13.5 Å². The van der Waals surface area contributed by atoms with E-state index in [4.69, 9.17) is 5.73 Å². The molecule has 2 N–H and O–H groups in total. The lowest BCUT2D eigenvalue weighted by molar-refractivity contribution is 0.786. The largest absolute Gasteiger partial charge is 0.397 e. The number of hydrogen-bond donors (Lipinski definition) is 1. The van der Waals surface area contributed by atoms with E-state index < -0.39 is 0 Å². The van der Waals surface area contributed by atoms with Gasteiger partial charge in [0.15, 0.2) is 0 Å². The zero-order chi connectivity index (χ0) is 12.5. The zero-order valence-corrected chi connectivity index (χ0v) is 10.3. The zero-order valence-electron chi connectivity index (χ0n) is 10.3. The molecule has 0 aliphatic rings. The second-order valence-corrected chi connectivity index (χ2v) is 4.45. The van der Waals surface area contributed by atoms with Crippen LogP contribution in [0.4, 0.5) is 5.69 Å². The molecule has 0 aliphatic heterocycles. The van der Waals surface area contributed by atoms with Crippen LogP contribution in [0.25, 0.3) is 11.0 Å². The standard InChI is InChI=1S/C15H15N3/c1-11-17-15-13(16)8-5-9-14(15)18(11)10-12-6-3-2-4-7-12/h2-9H,10,16H2,1H3. The molecule has 1 heterocycles. The minimum atomic E-state index is 0.738. The molecule has 3 nitrogen and oxygen atoms in total. The summed E-state index contributed by atoms with van der Waals surface area (Å²) in [6.45, 7) is 2.84. The molecule has 18 heavy (non-hydrogen) atoms. The van der Waals surface area contributed by atoms with Gasteiger partial charge in [0, 0.05) is 6.54 Å². The highest BCUT2D eigenvalue weighted by Gasteiger charge is 2.09. The third-order valence-electron chi connectivity index (χ3n) is 3.18. The van der Waals surface area contributed by atoms with Crippen LogP contribution in [0.2, 0.25) is 0 Å². The van der Waals surface area contributed by atoms with Crippen LogP contribution in [0, 0.1) is 6.92 Å². The molecular formula is C15H15N3. The summed E-state index contributed by atoms with van der Waals surface area (Å²) in [4.78, 5) is 4.55. The lowest BCUT2D eigenvalue weighted by Gasteiger charge is -2.07. The van der Waals surface area contributed by atoms with E-state index in [1.807, 2.05) is 25.1 Å². The molecule has 3 rings (SSSR count). The lowest BCUT2D eigenvalue weighted by Crippen LogP contribution is -2.01. The van der Waals surface area contributed by atoms with E-state index in [0.717, 1.165) is 29.1 Å². The number of nitrogens with two attached hydrogens (primary N) is 1. The van der Waals surface area contributed by atoms with Gasteiger partial charge in [-0.15, -0.1) is 0 Å². The number of imidazole rings is 1. The molecule has 0 unspecified atom stereocenters. The van der Waals surface area contributed by atoms with Gasteiger partial charge in [-0.3, -0.25) is 0 Å². The van der Waals surface area contributed by atoms with Crippen LogP contribution in [-0.4, -0.2) is 9.55 Å². The van der Waals surface area contributed by atoms with E-state index in [9.17, 15) is 0 Å². The molecule has 3 aromatic rings. The smallest absolute Gasteiger partial charge is 0.112 e. The molecule has 90 valence electrons. The first-order valence-corrected chi connectivity index (χ1v) is 6.01. The summed E-state index contributed by atoms with van der Waals surface area (Å²) < 4.78 is 2.20. The Hall–Kier alpha value is -2.29. The molecule has 1 aromatic heterocycles. The summed E-state index contributed by atoms with van der Waals surface area (Å²) in [5, 5.41) is 0. The number of benzene rings is 2. The Morgan fingerprint density at radius 2 is 1.83 bits per heavy atom. The van der Waals surface area contributed by atoms with Crippen molar-refractivity contribution in [1.29, 1.82) is 0 Å². The third kappa shape index (κ3) is 1.74. The van der Waals surface area contributed by atoms with Crippen LogP contribution in [0.5, 0.6) is 0 Å². The Bertz CT molecular complexity index is 684. The number of hydrogen-bond acceptors (Lipinski definition) is 2. The molecular weight excluding hydrogens is 222 g/mol. The third-order valence-corrected chi connectivity index (χ3v) is 3.18. The maximum Gasteiger partial charge on any atom is 0.112 e. The second-order valence-electron chi connectivity index (χ2n) is 4.45. The highest BCUT2D eigenvalue weighted by Crippen LogP contribution is 2.22. The van der Waals surface area contributed by atoms with Crippen molar-refractivity contribution >= 4 is 16.7 Å². The monoisotopic (exact) mass is 237 g/mol. The summed E-state index contributed by atoms with van der Waals surface area (Å²) in [5.41, 5.74) is 9.95. The average Bonchev–Trinajstić information content (AvgIpc) is 2.70. The number of fused-ring (bicyclic) bond motifs is 1. The average molecular weight is 237 g/mol. The predicted molar refractivity (Wildman–Crippen MR) is 74.4 cm³/mol. The van der Waals surface area contributed by atoms with Crippen LogP contribution >= 0.6 is 0 Å². The lowest BCUT2D eigenvalue weighted by atomic mass is 10.2. The fourth-order valence-corrected chi connectivity index (χ4v) is 2.25. The van der Waals surface area contributed by atoms with Gasteiger partial charge in [-0.05, 0) is 24.6 Å². The molecule has 0 fully saturated rings. The van der Waals surface area contributed by atoms with Crippen molar-refractivity contribution in [3.8, 4) is 0 Å². The molecule has 0 amide bonds. The molecule has 0 spiro atoms. The number of rotatable bonds is 2. The van der Waals surface area contributed by atoms with Crippen molar-refractivity contribution in [3.05, 3.63) is 59.9 Å². The molecule has 0 radical (unpaired) electrons. The van der Waals surface area contributed by atoms with Crippen LogP contribution in [-0.2, 0) is 6.54 Å². The number of nitrogens with zero attached hydrogens (tertiary/aromatic N) is 2. The summed E-state index contributed by atoms with van der Waals surface area (Å²) in [5.74, 6) is 0.992. The number of nitrogen functional groups attached to an aromatic ring is 1. The van der Waals surface area contributed by atoms with Gasteiger partial charge < -0.3 is 10.3 Å². The molecule has 0 bridgehead atoms. The van der Waals surface area contributed by atoms with Gasteiger partial charge in [-0.2, -0.15) is 0 Å². The Labute approximate surface area is 106 Å². The molecule has 0 aliphatic carbocycles. The van der Waals surface area contributed by atoms with Crippen molar-refractivity contribution in [3.63, 3.8) is 0 Å². The SMILES string of the molecule is Cc1nc2c(N)cccc2n1Cc1ccccc1. The molecule has 0 saturated carbocycles. The topological polar surface area (TPSA) is 43.8 Å². The van der Waals surface area contributed by atoms with E-state index in [1.165, 1.54) is 5.56 Å². The van der Waals surface area contributed by atoms with Gasteiger partial charge in [0.1, 0.15) is 11.3 Å². The minimum absolute atomic E-state index is 0.738. The van der Waals surface area contributed by atoms with E-state index in [-0.39, 0.29) is 0 Å². The molecule has 0 atom stereocenters. The minimum Gasteiger partial charge on any atom is -0.397 e. The number of aryl methyl sites for hydroxylation is 1. The fourth-order valence-electron chi connectivity index (χ4n) is 2.25. The summed E-state index contributed by atoms with van der Waals surface area (Å²) in [7, 11) is 0. The molecule has 2 aromatic carbocycles. The van der Waals surface area contributed by atoms with Gasteiger partial charge in [-0.25, -0.2) is 4.98 Å². The Morgan fingerprint density at radius 3 is 2.61 bits per heavy atom. The highest BCUT2D eigenvalue weighted by molar-refractivity contribution is 5.87. The molecule has 0 saturated heterocycles. The number of para-hydroxylation sites is 1. The Morgan fingerprint density at radius 1 is 1.06 bits per heavy atom. The van der Waals surface area contributed by atoms with Crippen LogP contribution in [0.1, 0.15) is 11.4 Å². The van der Waals surface area contributed by atoms with Gasteiger partial charge >= 0.3 is 0 Å². The van der Waals surface area contributed by atoms with E-state index in [1.54, 1.807) is 0 Å². The number of anilines is 1. The molecule has 3 heteroatoms. The van der Waals surface area contributed by atoms with Gasteiger partial charge in [0.25, 0.3) is 0 Å². The normalized spacial score (nSPS) is 10.9. The summed E-state index contributed by atoms with van der Waals surface area (Å²) in [6.07, 6.45) is 0.